The van der Waals surface area contributed by atoms with Crippen LogP contribution in [0.2, 0.25) is 0 Å². The monoisotopic (exact) mass is 313 g/mol. The molecule has 4 aromatic rings. The maximum absolute atomic E-state index is 8.77. The van der Waals surface area contributed by atoms with Gasteiger partial charge in [-0.3, -0.25) is 0 Å². The van der Waals surface area contributed by atoms with E-state index in [0.29, 0.717) is 17.2 Å². The Morgan fingerprint density at radius 3 is 2.75 bits per heavy atom. The number of fused-ring (bicyclic) bond motifs is 3. The molecule has 2 N–H and O–H groups in total. The van der Waals surface area contributed by atoms with Crippen LogP contribution in [-0.2, 0) is 0 Å². The first kappa shape index (κ1) is 13.8. The van der Waals surface area contributed by atoms with Crippen molar-refractivity contribution in [2.75, 3.05) is 5.43 Å². The number of aromatic amines is 1. The van der Waals surface area contributed by atoms with Crippen molar-refractivity contribution in [1.29, 1.82) is 5.26 Å². The summed E-state index contributed by atoms with van der Waals surface area (Å²) in [6.45, 7) is 0. The minimum Gasteiger partial charge on any atom is -0.338 e. The van der Waals surface area contributed by atoms with E-state index in [4.69, 9.17) is 5.26 Å². The van der Waals surface area contributed by atoms with Crippen LogP contribution in [0.25, 0.3) is 22.1 Å². The molecule has 7 nitrogen and oxygen atoms in total. The predicted octanol–water partition coefficient (Wildman–Crippen LogP) is 2.82. The molecule has 0 unspecified atom stereocenters. The van der Waals surface area contributed by atoms with Crippen LogP contribution in [0.4, 0.5) is 5.95 Å². The highest BCUT2D eigenvalue weighted by Crippen LogP contribution is 2.21. The largest absolute Gasteiger partial charge is 0.338 e. The second kappa shape index (κ2) is 5.78. The molecule has 4 rings (SSSR count). The van der Waals surface area contributed by atoms with Crippen molar-refractivity contribution in [1.82, 2.24) is 20.2 Å². The molecule has 114 valence electrons. The van der Waals surface area contributed by atoms with Crippen LogP contribution in [0, 0.1) is 11.3 Å². The number of benzene rings is 2. The molecule has 0 spiro atoms. The molecule has 7 heteroatoms. The third-order valence-electron chi connectivity index (χ3n) is 3.54. The van der Waals surface area contributed by atoms with Crippen LogP contribution >= 0.6 is 0 Å². The lowest BCUT2D eigenvalue weighted by Gasteiger charge is -1.97. The van der Waals surface area contributed by atoms with E-state index in [0.717, 1.165) is 22.0 Å². The van der Waals surface area contributed by atoms with Crippen molar-refractivity contribution in [3.63, 3.8) is 0 Å². The number of anilines is 1. The Balaban J connectivity index is 1.57. The number of nitrogens with one attached hydrogen (secondary N) is 2. The van der Waals surface area contributed by atoms with Gasteiger partial charge in [0, 0.05) is 10.9 Å². The first-order valence-electron chi connectivity index (χ1n) is 7.24. The van der Waals surface area contributed by atoms with E-state index in [2.05, 4.69) is 36.8 Å². The summed E-state index contributed by atoms with van der Waals surface area (Å²) in [5.74, 6) is 0.305. The standard InChI is InChI=1S/C17H11N7/c18-9-11-5-7-12(8-6-11)10-19-23-17-21-16-15(22-24-17)13-3-1-2-4-14(13)20-16/h1-8,10H,(H2,20,21,23,24)/b19-10-. The Bertz CT molecular complexity index is 1090. The van der Waals surface area contributed by atoms with Crippen LogP contribution in [0.15, 0.2) is 53.6 Å². The maximum Gasteiger partial charge on any atom is 0.265 e. The Kier molecular flexibility index (Phi) is 3.33. The van der Waals surface area contributed by atoms with Crippen LogP contribution < -0.4 is 5.43 Å². The van der Waals surface area contributed by atoms with E-state index < -0.39 is 0 Å². The van der Waals surface area contributed by atoms with E-state index >= 15 is 0 Å². The Morgan fingerprint density at radius 1 is 1.08 bits per heavy atom. The lowest BCUT2D eigenvalue weighted by Crippen LogP contribution is -1.99. The Morgan fingerprint density at radius 2 is 1.92 bits per heavy atom. The summed E-state index contributed by atoms with van der Waals surface area (Å²) in [4.78, 5) is 7.58. The van der Waals surface area contributed by atoms with E-state index in [-0.39, 0.29) is 0 Å². The SMILES string of the molecule is N#Cc1ccc(/C=N\Nc2nnc3c(n2)[nH]c2ccccc23)cc1. The van der Waals surface area contributed by atoms with Crippen molar-refractivity contribution < 1.29 is 0 Å². The lowest BCUT2D eigenvalue weighted by atomic mass is 10.2. The molecule has 0 aliphatic rings. The number of hydrazone groups is 1. The third-order valence-corrected chi connectivity index (χ3v) is 3.54. The molecular weight excluding hydrogens is 302 g/mol. The maximum atomic E-state index is 8.77. The van der Waals surface area contributed by atoms with Gasteiger partial charge >= 0.3 is 0 Å². The summed E-state index contributed by atoms with van der Waals surface area (Å²) in [7, 11) is 0. The van der Waals surface area contributed by atoms with Gasteiger partial charge in [0.2, 0.25) is 0 Å². The number of hydrogen-bond donors (Lipinski definition) is 2. The number of para-hydroxylation sites is 1. The summed E-state index contributed by atoms with van der Waals surface area (Å²) in [5, 5.41) is 22.1. The average molecular weight is 313 g/mol. The fourth-order valence-electron chi connectivity index (χ4n) is 2.38. The van der Waals surface area contributed by atoms with E-state index in [9.17, 15) is 0 Å². The molecule has 2 aromatic carbocycles. The summed E-state index contributed by atoms with van der Waals surface area (Å²) >= 11 is 0. The fraction of sp³-hybridized carbons (Fsp3) is 0. The van der Waals surface area contributed by atoms with Crippen LogP contribution in [0.5, 0.6) is 0 Å². The second-order valence-electron chi connectivity index (χ2n) is 5.11. The van der Waals surface area contributed by atoms with Gasteiger partial charge in [-0.1, -0.05) is 30.3 Å². The van der Waals surface area contributed by atoms with Gasteiger partial charge in [-0.15, -0.1) is 10.2 Å². The lowest BCUT2D eigenvalue weighted by molar-refractivity contribution is 1.01. The predicted molar refractivity (Wildman–Crippen MR) is 91.6 cm³/mol. The van der Waals surface area contributed by atoms with Crippen molar-refractivity contribution in [2.45, 2.75) is 0 Å². The van der Waals surface area contributed by atoms with Crippen LogP contribution in [0.3, 0.4) is 0 Å². The van der Waals surface area contributed by atoms with Crippen molar-refractivity contribution in [3.05, 3.63) is 59.7 Å². The summed E-state index contributed by atoms with van der Waals surface area (Å²) in [6.07, 6.45) is 1.62. The summed E-state index contributed by atoms with van der Waals surface area (Å²) in [5.41, 5.74) is 6.58. The molecule has 0 amide bonds. The smallest absolute Gasteiger partial charge is 0.265 e. The highest BCUT2D eigenvalue weighted by atomic mass is 15.4. The van der Waals surface area contributed by atoms with E-state index in [1.54, 1.807) is 18.3 Å². The zero-order chi connectivity index (χ0) is 16.4. The number of nitriles is 1. The highest BCUT2D eigenvalue weighted by Gasteiger charge is 2.07. The molecule has 2 heterocycles. The van der Waals surface area contributed by atoms with Crippen molar-refractivity contribution in [3.8, 4) is 6.07 Å². The summed E-state index contributed by atoms with van der Waals surface area (Å²) in [6, 6.07) is 17.0. The van der Waals surface area contributed by atoms with Gasteiger partial charge < -0.3 is 4.98 Å². The first-order chi connectivity index (χ1) is 11.8. The molecule has 2 aromatic heterocycles. The molecular formula is C17H11N7. The Hall–Kier alpha value is -3.79. The highest BCUT2D eigenvalue weighted by molar-refractivity contribution is 6.03. The molecule has 0 fully saturated rings. The number of H-pyrrole nitrogens is 1. The van der Waals surface area contributed by atoms with Crippen LogP contribution in [-0.4, -0.2) is 26.4 Å². The quantitative estimate of drug-likeness (QED) is 0.447. The average Bonchev–Trinajstić information content (AvgIpc) is 3.00. The van der Waals surface area contributed by atoms with Gasteiger partial charge in [0.1, 0.15) is 5.52 Å². The number of rotatable bonds is 3. The molecule has 0 bridgehead atoms. The minimum absolute atomic E-state index is 0.305. The summed E-state index contributed by atoms with van der Waals surface area (Å²) < 4.78 is 0. The van der Waals surface area contributed by atoms with Crippen LogP contribution in [0.1, 0.15) is 11.1 Å². The molecule has 0 saturated heterocycles. The first-order valence-corrected chi connectivity index (χ1v) is 7.24. The minimum atomic E-state index is 0.305. The molecule has 0 radical (unpaired) electrons. The van der Waals surface area contributed by atoms with E-state index in [1.807, 2.05) is 36.4 Å². The van der Waals surface area contributed by atoms with Gasteiger partial charge in [-0.2, -0.15) is 15.3 Å². The zero-order valence-electron chi connectivity index (χ0n) is 12.4. The van der Waals surface area contributed by atoms with Gasteiger partial charge in [0.25, 0.3) is 5.95 Å². The normalized spacial score (nSPS) is 11.1. The van der Waals surface area contributed by atoms with Crippen molar-refractivity contribution >= 4 is 34.2 Å². The van der Waals surface area contributed by atoms with Gasteiger partial charge in [-0.25, -0.2) is 5.43 Å². The van der Waals surface area contributed by atoms with E-state index in [1.165, 1.54) is 0 Å². The number of nitrogens with zero attached hydrogens (tertiary/aromatic N) is 5. The van der Waals surface area contributed by atoms with Gasteiger partial charge in [0.15, 0.2) is 5.65 Å². The Labute approximate surface area is 136 Å². The van der Waals surface area contributed by atoms with Gasteiger partial charge in [-0.05, 0) is 23.8 Å². The molecule has 0 aliphatic heterocycles. The van der Waals surface area contributed by atoms with Gasteiger partial charge in [0.05, 0.1) is 17.8 Å². The molecule has 24 heavy (non-hydrogen) atoms. The second-order valence-corrected chi connectivity index (χ2v) is 5.11. The topological polar surface area (TPSA) is 103 Å². The molecule has 0 aliphatic carbocycles. The number of hydrogen-bond acceptors (Lipinski definition) is 6. The molecule has 0 saturated carbocycles. The fourth-order valence-corrected chi connectivity index (χ4v) is 2.38. The third kappa shape index (κ3) is 2.53. The molecule has 0 atom stereocenters. The zero-order valence-corrected chi connectivity index (χ0v) is 12.4. The number of aromatic nitrogens is 4. The van der Waals surface area contributed by atoms with Crippen molar-refractivity contribution in [2.24, 2.45) is 5.10 Å².